The Kier molecular flexibility index (Phi) is 4.28. The Labute approximate surface area is 106 Å². The van der Waals surface area contributed by atoms with Gasteiger partial charge in [0, 0.05) is 30.9 Å². The predicted molar refractivity (Wildman–Crippen MR) is 67.7 cm³/mol. The molecule has 2 rings (SSSR count). The van der Waals surface area contributed by atoms with Crippen LogP contribution in [0.1, 0.15) is 18.4 Å². The number of aliphatic hydroxyl groups excluding tert-OH is 1. The van der Waals surface area contributed by atoms with Crippen molar-refractivity contribution in [2.24, 2.45) is 11.7 Å². The van der Waals surface area contributed by atoms with Gasteiger partial charge in [-0.25, -0.2) is 0 Å². The molecule has 1 fully saturated rings. The number of amides is 1. The molecule has 0 bridgehead atoms. The first-order valence-corrected chi connectivity index (χ1v) is 6.27. The van der Waals surface area contributed by atoms with Gasteiger partial charge in [-0.3, -0.25) is 9.78 Å². The number of nitrogens with zero attached hydrogens (tertiary/aromatic N) is 1. The number of aromatic nitrogens is 1. The fraction of sp³-hybridized carbons (Fsp3) is 0.538. The second kappa shape index (κ2) is 5.93. The molecule has 1 saturated carbocycles. The molecule has 1 aromatic heterocycles. The molecule has 18 heavy (non-hydrogen) atoms. The third-order valence-corrected chi connectivity index (χ3v) is 3.41. The van der Waals surface area contributed by atoms with Gasteiger partial charge in [0.2, 0.25) is 5.91 Å². The molecule has 1 heterocycles. The summed E-state index contributed by atoms with van der Waals surface area (Å²) in [5, 5.41) is 12.4. The molecule has 0 aliphatic heterocycles. The lowest BCUT2D eigenvalue weighted by atomic mass is 10.1. The highest BCUT2D eigenvalue weighted by Crippen LogP contribution is 2.24. The van der Waals surface area contributed by atoms with E-state index in [1.807, 2.05) is 12.1 Å². The Morgan fingerprint density at radius 2 is 2.17 bits per heavy atom. The van der Waals surface area contributed by atoms with Gasteiger partial charge in [-0.2, -0.15) is 0 Å². The summed E-state index contributed by atoms with van der Waals surface area (Å²) >= 11 is 0. The van der Waals surface area contributed by atoms with Crippen molar-refractivity contribution in [3.05, 3.63) is 30.1 Å². The largest absolute Gasteiger partial charge is 0.391 e. The van der Waals surface area contributed by atoms with Crippen molar-refractivity contribution in [1.29, 1.82) is 0 Å². The van der Waals surface area contributed by atoms with Gasteiger partial charge in [-0.15, -0.1) is 0 Å². The van der Waals surface area contributed by atoms with Gasteiger partial charge in [-0.05, 0) is 37.0 Å². The molecule has 1 aromatic rings. The first kappa shape index (κ1) is 13.0. The minimum atomic E-state index is -0.541. The van der Waals surface area contributed by atoms with Gasteiger partial charge in [-0.1, -0.05) is 0 Å². The summed E-state index contributed by atoms with van der Waals surface area (Å²) in [6.45, 7) is 0.602. The highest BCUT2D eigenvalue weighted by atomic mass is 16.3. The number of hydrogen-bond donors (Lipinski definition) is 3. The van der Waals surface area contributed by atoms with Crippen LogP contribution in [0.3, 0.4) is 0 Å². The first-order chi connectivity index (χ1) is 8.66. The maximum atomic E-state index is 11.8. The standard InChI is InChI=1S/C13H19N3O2/c14-11-7-10(8-12(11)17)13(18)16-6-3-9-1-4-15-5-2-9/h1-2,4-5,10-12,17H,3,6-8,14H2,(H,16,18)/t10-,11+,12+/m0/s1. The third kappa shape index (κ3) is 3.27. The zero-order valence-corrected chi connectivity index (χ0v) is 10.2. The fourth-order valence-electron chi connectivity index (χ4n) is 2.29. The molecular formula is C13H19N3O2. The molecule has 1 amide bonds. The zero-order chi connectivity index (χ0) is 13.0. The second-order valence-electron chi connectivity index (χ2n) is 4.80. The highest BCUT2D eigenvalue weighted by molar-refractivity contribution is 5.79. The van der Waals surface area contributed by atoms with E-state index in [0.29, 0.717) is 19.4 Å². The van der Waals surface area contributed by atoms with Crippen LogP contribution in [0.15, 0.2) is 24.5 Å². The summed E-state index contributed by atoms with van der Waals surface area (Å²) in [7, 11) is 0. The number of nitrogens with one attached hydrogen (secondary N) is 1. The van der Waals surface area contributed by atoms with Crippen LogP contribution in [0.25, 0.3) is 0 Å². The summed E-state index contributed by atoms with van der Waals surface area (Å²) in [4.78, 5) is 15.8. The number of carbonyl (C=O) groups excluding carboxylic acids is 1. The van der Waals surface area contributed by atoms with E-state index in [9.17, 15) is 9.90 Å². The van der Waals surface area contributed by atoms with Gasteiger partial charge in [0.05, 0.1) is 6.10 Å². The zero-order valence-electron chi connectivity index (χ0n) is 10.2. The van der Waals surface area contributed by atoms with Crippen LogP contribution in [0, 0.1) is 5.92 Å². The number of hydrogen-bond acceptors (Lipinski definition) is 4. The number of pyridine rings is 1. The van der Waals surface area contributed by atoms with E-state index in [2.05, 4.69) is 10.3 Å². The SMILES string of the molecule is N[C@@H]1C[C@H](C(=O)NCCc2ccncc2)C[C@H]1O. The van der Waals surface area contributed by atoms with Gasteiger partial charge in [0.1, 0.15) is 0 Å². The number of nitrogens with two attached hydrogens (primary N) is 1. The maximum absolute atomic E-state index is 11.8. The number of rotatable bonds is 4. The molecule has 5 nitrogen and oxygen atoms in total. The minimum Gasteiger partial charge on any atom is -0.391 e. The van der Waals surface area contributed by atoms with Gasteiger partial charge < -0.3 is 16.2 Å². The first-order valence-electron chi connectivity index (χ1n) is 6.27. The lowest BCUT2D eigenvalue weighted by Crippen LogP contribution is -2.32. The Balaban J connectivity index is 1.73. The summed E-state index contributed by atoms with van der Waals surface area (Å²) in [5.41, 5.74) is 6.84. The van der Waals surface area contributed by atoms with Crippen molar-refractivity contribution in [3.63, 3.8) is 0 Å². The quantitative estimate of drug-likeness (QED) is 0.692. The average molecular weight is 249 g/mol. The van der Waals surface area contributed by atoms with Crippen LogP contribution in [-0.2, 0) is 11.2 Å². The Bertz CT molecular complexity index is 386. The lowest BCUT2D eigenvalue weighted by Gasteiger charge is -2.10. The van der Waals surface area contributed by atoms with Gasteiger partial charge >= 0.3 is 0 Å². The highest BCUT2D eigenvalue weighted by Gasteiger charge is 2.34. The summed E-state index contributed by atoms with van der Waals surface area (Å²) < 4.78 is 0. The predicted octanol–water partition coefficient (Wildman–Crippen LogP) is -0.161. The molecule has 1 aliphatic rings. The molecule has 5 heteroatoms. The van der Waals surface area contributed by atoms with E-state index < -0.39 is 6.10 Å². The van der Waals surface area contributed by atoms with E-state index >= 15 is 0 Å². The van der Waals surface area contributed by atoms with Crippen molar-refractivity contribution >= 4 is 5.91 Å². The molecule has 0 saturated heterocycles. The molecule has 98 valence electrons. The normalized spacial score (nSPS) is 27.1. The second-order valence-corrected chi connectivity index (χ2v) is 4.80. The molecule has 0 aromatic carbocycles. The van der Waals surface area contributed by atoms with Crippen molar-refractivity contribution in [2.45, 2.75) is 31.4 Å². The third-order valence-electron chi connectivity index (χ3n) is 3.41. The van der Waals surface area contributed by atoms with E-state index in [4.69, 9.17) is 5.73 Å². The van der Waals surface area contributed by atoms with Crippen LogP contribution < -0.4 is 11.1 Å². The Hall–Kier alpha value is -1.46. The molecule has 4 N–H and O–H groups in total. The van der Waals surface area contributed by atoms with Crippen molar-refractivity contribution in [2.75, 3.05) is 6.54 Å². The van der Waals surface area contributed by atoms with E-state index in [-0.39, 0.29) is 17.9 Å². The van der Waals surface area contributed by atoms with Crippen LogP contribution in [0.5, 0.6) is 0 Å². The molecule has 1 aliphatic carbocycles. The number of aliphatic hydroxyl groups is 1. The topological polar surface area (TPSA) is 88.2 Å². The van der Waals surface area contributed by atoms with Crippen molar-refractivity contribution in [1.82, 2.24) is 10.3 Å². The van der Waals surface area contributed by atoms with Crippen LogP contribution in [0.4, 0.5) is 0 Å². The molecule has 0 unspecified atom stereocenters. The van der Waals surface area contributed by atoms with E-state index in [1.54, 1.807) is 12.4 Å². The smallest absolute Gasteiger partial charge is 0.223 e. The van der Waals surface area contributed by atoms with Gasteiger partial charge in [0.15, 0.2) is 0 Å². The van der Waals surface area contributed by atoms with Gasteiger partial charge in [0.25, 0.3) is 0 Å². The summed E-state index contributed by atoms with van der Waals surface area (Å²) in [6.07, 6.45) is 4.77. The molecule has 3 atom stereocenters. The van der Waals surface area contributed by atoms with Crippen LogP contribution >= 0.6 is 0 Å². The van der Waals surface area contributed by atoms with Crippen LogP contribution in [-0.4, -0.2) is 34.7 Å². The maximum Gasteiger partial charge on any atom is 0.223 e. The van der Waals surface area contributed by atoms with Crippen LogP contribution in [0.2, 0.25) is 0 Å². The molecule has 0 radical (unpaired) electrons. The number of carbonyl (C=O) groups is 1. The molecule has 0 spiro atoms. The van der Waals surface area contributed by atoms with Crippen molar-refractivity contribution in [3.8, 4) is 0 Å². The Morgan fingerprint density at radius 1 is 1.44 bits per heavy atom. The van der Waals surface area contributed by atoms with E-state index in [0.717, 1.165) is 12.0 Å². The molecular weight excluding hydrogens is 230 g/mol. The fourth-order valence-corrected chi connectivity index (χ4v) is 2.29. The lowest BCUT2D eigenvalue weighted by molar-refractivity contribution is -0.125. The average Bonchev–Trinajstić information content (AvgIpc) is 2.71. The minimum absolute atomic E-state index is 0.00365. The Morgan fingerprint density at radius 3 is 2.78 bits per heavy atom. The summed E-state index contributed by atoms with van der Waals surface area (Å²) in [6, 6.07) is 3.60. The summed E-state index contributed by atoms with van der Waals surface area (Å²) in [5.74, 6) is -0.150. The van der Waals surface area contributed by atoms with Crippen molar-refractivity contribution < 1.29 is 9.90 Å². The monoisotopic (exact) mass is 249 g/mol. The van der Waals surface area contributed by atoms with E-state index in [1.165, 1.54) is 0 Å².